The van der Waals surface area contributed by atoms with Gasteiger partial charge in [0.15, 0.2) is 0 Å². The largest absolute Gasteiger partial charge is 0.506 e. The van der Waals surface area contributed by atoms with Crippen LogP contribution in [0.5, 0.6) is 5.75 Å². The maximum Gasteiger partial charge on any atom is 0.143 e. The fourth-order valence-electron chi connectivity index (χ4n) is 2.82. The number of hydrogen-bond donors (Lipinski definition) is 1. The normalized spacial score (nSPS) is 10.6. The van der Waals surface area contributed by atoms with Gasteiger partial charge in [0, 0.05) is 11.1 Å². The average Bonchev–Trinajstić information content (AvgIpc) is 3.14. The van der Waals surface area contributed by atoms with Crippen LogP contribution in [0.2, 0.25) is 0 Å². The minimum absolute atomic E-state index is 0.124. The Bertz CT molecular complexity index is 1050. The summed E-state index contributed by atoms with van der Waals surface area (Å²) in [5, 5.41) is 19.4. The van der Waals surface area contributed by atoms with E-state index in [9.17, 15) is 5.11 Å². The van der Waals surface area contributed by atoms with Gasteiger partial charge < -0.3 is 5.11 Å². The van der Waals surface area contributed by atoms with Crippen molar-refractivity contribution in [2.24, 2.45) is 0 Å². The summed E-state index contributed by atoms with van der Waals surface area (Å²) in [6, 6.07) is 26.8. The SMILES string of the molecule is C=C(c1ccccc1)c1nn(-c2ccccc2O)nc1-c1ccccc1. The molecule has 126 valence electrons. The molecule has 0 amide bonds. The molecule has 0 fully saturated rings. The molecule has 3 aromatic carbocycles. The Morgan fingerprint density at radius 3 is 2.08 bits per heavy atom. The minimum atomic E-state index is 0.124. The van der Waals surface area contributed by atoms with E-state index in [1.807, 2.05) is 66.7 Å². The first kappa shape index (κ1) is 15.8. The van der Waals surface area contributed by atoms with Gasteiger partial charge >= 0.3 is 0 Å². The first-order valence-corrected chi connectivity index (χ1v) is 8.30. The summed E-state index contributed by atoms with van der Waals surface area (Å²) in [7, 11) is 0. The molecule has 0 spiro atoms. The van der Waals surface area contributed by atoms with E-state index in [0.717, 1.165) is 22.4 Å². The molecule has 4 nitrogen and oxygen atoms in total. The lowest BCUT2D eigenvalue weighted by Crippen LogP contribution is -1.99. The molecule has 0 aliphatic carbocycles. The molecule has 4 heteroatoms. The zero-order chi connectivity index (χ0) is 17.9. The Kier molecular flexibility index (Phi) is 4.07. The van der Waals surface area contributed by atoms with Crippen LogP contribution in [0.1, 0.15) is 11.3 Å². The Hall–Kier alpha value is -3.66. The van der Waals surface area contributed by atoms with Crippen molar-refractivity contribution in [1.29, 1.82) is 0 Å². The van der Waals surface area contributed by atoms with Crippen LogP contribution in [0.4, 0.5) is 0 Å². The van der Waals surface area contributed by atoms with Gasteiger partial charge in [0.2, 0.25) is 0 Å². The number of para-hydroxylation sites is 2. The highest BCUT2D eigenvalue weighted by atomic mass is 16.3. The molecule has 0 saturated carbocycles. The lowest BCUT2D eigenvalue weighted by Gasteiger charge is -2.04. The molecule has 1 aromatic heterocycles. The lowest BCUT2D eigenvalue weighted by atomic mass is 10.0. The highest BCUT2D eigenvalue weighted by Gasteiger charge is 2.18. The minimum Gasteiger partial charge on any atom is -0.506 e. The Morgan fingerprint density at radius 1 is 0.769 bits per heavy atom. The standard InChI is InChI=1S/C22H17N3O/c1-16(17-10-4-2-5-11-17)21-22(18-12-6-3-7-13-18)24-25(23-21)19-14-8-9-15-20(19)26/h2-15,26H,1H2. The number of rotatable bonds is 4. The van der Waals surface area contributed by atoms with E-state index in [1.54, 1.807) is 18.2 Å². The maximum atomic E-state index is 10.2. The summed E-state index contributed by atoms with van der Waals surface area (Å²) in [6.07, 6.45) is 0. The molecule has 0 aliphatic heterocycles. The van der Waals surface area contributed by atoms with Crippen LogP contribution in [0, 0.1) is 0 Å². The molecule has 0 bridgehead atoms. The molecule has 4 rings (SSSR count). The summed E-state index contributed by atoms with van der Waals surface area (Å²) in [5.41, 5.74) is 4.64. The van der Waals surface area contributed by atoms with Gasteiger partial charge in [0.25, 0.3) is 0 Å². The van der Waals surface area contributed by atoms with Gasteiger partial charge in [-0.05, 0) is 17.7 Å². The highest BCUT2D eigenvalue weighted by molar-refractivity contribution is 5.84. The van der Waals surface area contributed by atoms with Crippen LogP contribution in [0.3, 0.4) is 0 Å². The molecule has 0 atom stereocenters. The topological polar surface area (TPSA) is 50.9 Å². The molecule has 1 heterocycles. The molecule has 26 heavy (non-hydrogen) atoms. The summed E-state index contributed by atoms with van der Waals surface area (Å²) in [6.45, 7) is 4.23. The molecule has 0 saturated heterocycles. The van der Waals surface area contributed by atoms with Gasteiger partial charge in [0.05, 0.1) is 0 Å². The molecule has 0 unspecified atom stereocenters. The van der Waals surface area contributed by atoms with Gasteiger partial charge in [-0.3, -0.25) is 0 Å². The molecular formula is C22H17N3O. The van der Waals surface area contributed by atoms with E-state index in [1.165, 1.54) is 4.80 Å². The van der Waals surface area contributed by atoms with E-state index >= 15 is 0 Å². The van der Waals surface area contributed by atoms with Crippen LogP contribution in [-0.4, -0.2) is 20.1 Å². The fourth-order valence-corrected chi connectivity index (χ4v) is 2.82. The number of aromatic nitrogens is 3. The van der Waals surface area contributed by atoms with Gasteiger partial charge in [-0.15, -0.1) is 15.0 Å². The van der Waals surface area contributed by atoms with Crippen LogP contribution < -0.4 is 0 Å². The molecular weight excluding hydrogens is 322 g/mol. The monoisotopic (exact) mass is 339 g/mol. The number of aromatic hydroxyl groups is 1. The molecule has 1 N–H and O–H groups in total. The van der Waals surface area contributed by atoms with Crippen molar-refractivity contribution in [1.82, 2.24) is 15.0 Å². The highest BCUT2D eigenvalue weighted by Crippen LogP contribution is 2.30. The second-order valence-corrected chi connectivity index (χ2v) is 5.89. The number of phenols is 1. The van der Waals surface area contributed by atoms with Crippen molar-refractivity contribution in [2.45, 2.75) is 0 Å². The summed E-state index contributed by atoms with van der Waals surface area (Å²) >= 11 is 0. The summed E-state index contributed by atoms with van der Waals surface area (Å²) in [5.74, 6) is 0.124. The fraction of sp³-hybridized carbons (Fsp3) is 0. The maximum absolute atomic E-state index is 10.2. The van der Waals surface area contributed by atoms with E-state index in [0.29, 0.717) is 11.4 Å². The number of phenolic OH excluding ortho intramolecular Hbond substituents is 1. The first-order chi connectivity index (χ1) is 12.7. The Labute approximate surface area is 151 Å². The van der Waals surface area contributed by atoms with E-state index in [4.69, 9.17) is 0 Å². The zero-order valence-electron chi connectivity index (χ0n) is 14.1. The predicted octanol–water partition coefficient (Wildman–Crippen LogP) is 4.70. The van der Waals surface area contributed by atoms with Crippen LogP contribution in [0.15, 0.2) is 91.5 Å². The summed E-state index contributed by atoms with van der Waals surface area (Å²) in [4.78, 5) is 1.46. The van der Waals surface area contributed by atoms with Crippen molar-refractivity contribution < 1.29 is 5.11 Å². The van der Waals surface area contributed by atoms with Crippen molar-refractivity contribution >= 4 is 5.57 Å². The van der Waals surface area contributed by atoms with Gasteiger partial charge in [-0.2, -0.15) is 0 Å². The average molecular weight is 339 g/mol. The Morgan fingerprint density at radius 2 is 1.38 bits per heavy atom. The van der Waals surface area contributed by atoms with Crippen molar-refractivity contribution in [3.8, 4) is 22.7 Å². The van der Waals surface area contributed by atoms with Gasteiger partial charge in [-0.1, -0.05) is 79.4 Å². The smallest absolute Gasteiger partial charge is 0.143 e. The van der Waals surface area contributed by atoms with Gasteiger partial charge in [0.1, 0.15) is 22.8 Å². The van der Waals surface area contributed by atoms with Crippen LogP contribution >= 0.6 is 0 Å². The molecule has 4 aromatic rings. The van der Waals surface area contributed by atoms with Crippen molar-refractivity contribution in [3.63, 3.8) is 0 Å². The predicted molar refractivity (Wildman–Crippen MR) is 103 cm³/mol. The molecule has 0 aliphatic rings. The summed E-state index contributed by atoms with van der Waals surface area (Å²) < 4.78 is 0. The Balaban J connectivity index is 1.89. The second-order valence-electron chi connectivity index (χ2n) is 5.89. The number of hydrogen-bond acceptors (Lipinski definition) is 3. The number of nitrogens with zero attached hydrogens (tertiary/aromatic N) is 3. The quantitative estimate of drug-likeness (QED) is 0.586. The third-order valence-corrected chi connectivity index (χ3v) is 4.17. The number of benzene rings is 3. The van der Waals surface area contributed by atoms with Crippen LogP contribution in [-0.2, 0) is 0 Å². The third kappa shape index (κ3) is 2.89. The van der Waals surface area contributed by atoms with Gasteiger partial charge in [-0.25, -0.2) is 0 Å². The third-order valence-electron chi connectivity index (χ3n) is 4.17. The lowest BCUT2D eigenvalue weighted by molar-refractivity contribution is 0.467. The van der Waals surface area contributed by atoms with E-state index in [2.05, 4.69) is 16.8 Å². The van der Waals surface area contributed by atoms with E-state index in [-0.39, 0.29) is 5.75 Å². The van der Waals surface area contributed by atoms with Crippen molar-refractivity contribution in [2.75, 3.05) is 0 Å². The van der Waals surface area contributed by atoms with Crippen LogP contribution in [0.25, 0.3) is 22.5 Å². The zero-order valence-corrected chi connectivity index (χ0v) is 14.1. The van der Waals surface area contributed by atoms with Crippen molar-refractivity contribution in [3.05, 3.63) is 103 Å². The molecule has 0 radical (unpaired) electrons. The first-order valence-electron chi connectivity index (χ1n) is 8.30. The second kappa shape index (κ2) is 6.69. The van der Waals surface area contributed by atoms with E-state index < -0.39 is 0 Å².